The number of halogens is 1. The highest BCUT2D eigenvalue weighted by molar-refractivity contribution is 6.32. The highest BCUT2D eigenvalue weighted by Gasteiger charge is 2.02. The van der Waals surface area contributed by atoms with E-state index in [4.69, 9.17) is 21.1 Å². The largest absolute Gasteiger partial charge is 0.490 e. The van der Waals surface area contributed by atoms with Crippen LogP contribution in [-0.4, -0.2) is 30.3 Å². The molecule has 0 fully saturated rings. The monoisotopic (exact) mass is 395 g/mol. The van der Waals surface area contributed by atoms with E-state index >= 15 is 0 Å². The van der Waals surface area contributed by atoms with Crippen LogP contribution in [0.3, 0.4) is 0 Å². The molecule has 1 N–H and O–H groups in total. The molecule has 1 amide bonds. The van der Waals surface area contributed by atoms with Crippen LogP contribution < -0.4 is 14.9 Å². The molecule has 0 atom stereocenters. The van der Waals surface area contributed by atoms with E-state index in [2.05, 4.69) is 15.5 Å². The van der Waals surface area contributed by atoms with Gasteiger partial charge in [0.2, 0.25) is 0 Å². The van der Waals surface area contributed by atoms with Crippen LogP contribution in [0.15, 0.2) is 78.2 Å². The Bertz CT molecular complexity index is 931. The molecule has 3 rings (SSSR count). The molecule has 0 radical (unpaired) electrons. The summed E-state index contributed by atoms with van der Waals surface area (Å²) in [6.07, 6.45) is 4.66. The van der Waals surface area contributed by atoms with Crippen molar-refractivity contribution in [2.75, 3.05) is 13.2 Å². The van der Waals surface area contributed by atoms with Gasteiger partial charge in [-0.1, -0.05) is 23.7 Å². The molecular formula is C21H18ClN3O3. The molecule has 0 aliphatic rings. The lowest BCUT2D eigenvalue weighted by atomic mass is 10.2. The molecule has 28 heavy (non-hydrogen) atoms. The summed E-state index contributed by atoms with van der Waals surface area (Å²) in [4.78, 5) is 15.7. The zero-order valence-electron chi connectivity index (χ0n) is 14.9. The molecule has 0 unspecified atom stereocenters. The highest BCUT2D eigenvalue weighted by Crippen LogP contribution is 2.22. The molecule has 2 aromatic carbocycles. The number of benzene rings is 2. The Labute approximate surface area is 167 Å². The second-order valence-electron chi connectivity index (χ2n) is 5.63. The molecule has 1 heterocycles. The van der Waals surface area contributed by atoms with Crippen molar-refractivity contribution in [2.45, 2.75) is 0 Å². The number of ether oxygens (including phenoxy) is 2. The molecule has 6 nitrogen and oxygen atoms in total. The number of nitrogens with zero attached hydrogens (tertiary/aromatic N) is 2. The fourth-order valence-electron chi connectivity index (χ4n) is 2.26. The van der Waals surface area contributed by atoms with E-state index in [1.807, 2.05) is 42.5 Å². The molecule has 0 aliphatic heterocycles. The first-order chi connectivity index (χ1) is 13.7. The predicted molar refractivity (Wildman–Crippen MR) is 108 cm³/mol. The van der Waals surface area contributed by atoms with Crippen LogP contribution in [0.5, 0.6) is 11.5 Å². The number of para-hydroxylation sites is 1. The Morgan fingerprint density at radius 3 is 2.46 bits per heavy atom. The zero-order chi connectivity index (χ0) is 19.6. The van der Waals surface area contributed by atoms with E-state index in [1.54, 1.807) is 36.8 Å². The van der Waals surface area contributed by atoms with Crippen molar-refractivity contribution in [3.05, 3.63) is 89.2 Å². The second kappa shape index (κ2) is 10.1. The van der Waals surface area contributed by atoms with Gasteiger partial charge in [-0.05, 0) is 54.1 Å². The molecule has 0 saturated carbocycles. The summed E-state index contributed by atoms with van der Waals surface area (Å²) < 4.78 is 11.2. The fraction of sp³-hybridized carbons (Fsp3) is 0.0952. The maximum absolute atomic E-state index is 11.9. The van der Waals surface area contributed by atoms with Gasteiger partial charge < -0.3 is 9.47 Å². The number of aromatic nitrogens is 1. The van der Waals surface area contributed by atoms with Crippen molar-refractivity contribution in [2.24, 2.45) is 5.10 Å². The summed E-state index contributed by atoms with van der Waals surface area (Å²) in [6, 6.07) is 17.9. The van der Waals surface area contributed by atoms with Crippen LogP contribution in [0.25, 0.3) is 0 Å². The van der Waals surface area contributed by atoms with Gasteiger partial charge in [0.25, 0.3) is 5.91 Å². The van der Waals surface area contributed by atoms with E-state index in [1.165, 1.54) is 0 Å². The van der Waals surface area contributed by atoms with E-state index in [0.29, 0.717) is 35.3 Å². The second-order valence-corrected chi connectivity index (χ2v) is 6.04. The van der Waals surface area contributed by atoms with Crippen LogP contribution in [0, 0.1) is 0 Å². The van der Waals surface area contributed by atoms with Gasteiger partial charge in [-0.3, -0.25) is 9.78 Å². The molecule has 142 valence electrons. The number of rotatable bonds is 8. The average Bonchev–Trinajstić information content (AvgIpc) is 2.74. The first kappa shape index (κ1) is 19.4. The molecule has 1 aromatic heterocycles. The number of hydrogen-bond donors (Lipinski definition) is 1. The normalized spacial score (nSPS) is 10.6. The molecular weight excluding hydrogens is 378 g/mol. The Morgan fingerprint density at radius 1 is 1.00 bits per heavy atom. The standard InChI is InChI=1S/C21H18ClN3O3/c22-19-3-1-2-4-20(19)28-14-13-27-18-7-5-16(6-8-18)15-24-25-21(26)17-9-11-23-12-10-17/h1-12,15H,13-14H2,(H,25,26)/b24-15-. The van der Waals surface area contributed by atoms with E-state index in [0.717, 1.165) is 5.56 Å². The third-order valence-electron chi connectivity index (χ3n) is 3.65. The lowest BCUT2D eigenvalue weighted by Gasteiger charge is -2.09. The van der Waals surface area contributed by atoms with Gasteiger partial charge in [-0.2, -0.15) is 5.10 Å². The number of carbonyl (C=O) groups is 1. The van der Waals surface area contributed by atoms with E-state index in [-0.39, 0.29) is 5.91 Å². The van der Waals surface area contributed by atoms with Crippen LogP contribution in [0.4, 0.5) is 0 Å². The topological polar surface area (TPSA) is 72.8 Å². The molecule has 0 bridgehead atoms. The minimum Gasteiger partial charge on any atom is -0.490 e. The van der Waals surface area contributed by atoms with Crippen LogP contribution in [-0.2, 0) is 0 Å². The van der Waals surface area contributed by atoms with Gasteiger partial charge in [-0.25, -0.2) is 5.43 Å². The fourth-order valence-corrected chi connectivity index (χ4v) is 2.45. The third kappa shape index (κ3) is 5.82. The maximum atomic E-state index is 11.9. The van der Waals surface area contributed by atoms with Gasteiger partial charge in [0.05, 0.1) is 11.2 Å². The van der Waals surface area contributed by atoms with Crippen molar-refractivity contribution in [1.82, 2.24) is 10.4 Å². The Balaban J connectivity index is 1.42. The van der Waals surface area contributed by atoms with Gasteiger partial charge >= 0.3 is 0 Å². The quantitative estimate of drug-likeness (QED) is 0.356. The third-order valence-corrected chi connectivity index (χ3v) is 3.96. The van der Waals surface area contributed by atoms with Crippen LogP contribution in [0.1, 0.15) is 15.9 Å². The van der Waals surface area contributed by atoms with Crippen molar-refractivity contribution in [3.8, 4) is 11.5 Å². The molecule has 0 spiro atoms. The number of carbonyl (C=O) groups excluding carboxylic acids is 1. The number of pyridine rings is 1. The summed E-state index contributed by atoms with van der Waals surface area (Å²) in [5, 5.41) is 4.52. The predicted octanol–water partition coefficient (Wildman–Crippen LogP) is 3.96. The SMILES string of the molecule is O=C(N/N=C\c1ccc(OCCOc2ccccc2Cl)cc1)c1ccncc1. The van der Waals surface area contributed by atoms with Crippen molar-refractivity contribution in [3.63, 3.8) is 0 Å². The first-order valence-electron chi connectivity index (χ1n) is 8.56. The van der Waals surface area contributed by atoms with Crippen LogP contribution in [0.2, 0.25) is 5.02 Å². The van der Waals surface area contributed by atoms with Crippen molar-refractivity contribution >= 4 is 23.7 Å². The number of hydrazone groups is 1. The number of hydrogen-bond acceptors (Lipinski definition) is 5. The Hall–Kier alpha value is -3.38. The Morgan fingerprint density at radius 2 is 1.71 bits per heavy atom. The summed E-state index contributed by atoms with van der Waals surface area (Å²) in [5.74, 6) is 1.05. The lowest BCUT2D eigenvalue weighted by Crippen LogP contribution is -2.17. The van der Waals surface area contributed by atoms with Gasteiger partial charge in [-0.15, -0.1) is 0 Å². The summed E-state index contributed by atoms with van der Waals surface area (Å²) >= 11 is 6.03. The van der Waals surface area contributed by atoms with Crippen molar-refractivity contribution in [1.29, 1.82) is 0 Å². The number of amides is 1. The Kier molecular flexibility index (Phi) is 6.98. The van der Waals surface area contributed by atoms with E-state index in [9.17, 15) is 4.79 Å². The minimum absolute atomic E-state index is 0.294. The van der Waals surface area contributed by atoms with Gasteiger partial charge in [0, 0.05) is 18.0 Å². The maximum Gasteiger partial charge on any atom is 0.271 e. The summed E-state index contributed by atoms with van der Waals surface area (Å²) in [7, 11) is 0. The summed E-state index contributed by atoms with van der Waals surface area (Å²) in [6.45, 7) is 0.772. The zero-order valence-corrected chi connectivity index (χ0v) is 15.7. The number of nitrogens with one attached hydrogen (secondary N) is 1. The average molecular weight is 396 g/mol. The lowest BCUT2D eigenvalue weighted by molar-refractivity contribution is 0.0955. The van der Waals surface area contributed by atoms with Gasteiger partial charge in [0.1, 0.15) is 24.7 Å². The van der Waals surface area contributed by atoms with E-state index < -0.39 is 0 Å². The summed E-state index contributed by atoms with van der Waals surface area (Å²) in [5.41, 5.74) is 3.79. The van der Waals surface area contributed by atoms with Crippen LogP contribution >= 0.6 is 11.6 Å². The van der Waals surface area contributed by atoms with Gasteiger partial charge in [0.15, 0.2) is 0 Å². The molecule has 0 saturated heterocycles. The molecule has 3 aromatic rings. The highest BCUT2D eigenvalue weighted by atomic mass is 35.5. The van der Waals surface area contributed by atoms with Crippen molar-refractivity contribution < 1.29 is 14.3 Å². The smallest absolute Gasteiger partial charge is 0.271 e. The first-order valence-corrected chi connectivity index (χ1v) is 8.94. The molecule has 0 aliphatic carbocycles. The minimum atomic E-state index is -0.294. The molecule has 7 heteroatoms.